The molecule has 1 unspecified atom stereocenters. The summed E-state index contributed by atoms with van der Waals surface area (Å²) in [4.78, 5) is 13.2. The van der Waals surface area contributed by atoms with E-state index < -0.39 is 10.0 Å². The zero-order valence-electron chi connectivity index (χ0n) is 15.1. The molecule has 0 aromatic heterocycles. The number of sulfonamides is 1. The van der Waals surface area contributed by atoms with Gasteiger partial charge in [0.05, 0.1) is 24.7 Å². The van der Waals surface area contributed by atoms with Gasteiger partial charge in [-0.25, -0.2) is 13.4 Å². The van der Waals surface area contributed by atoms with Gasteiger partial charge in [-0.15, -0.1) is 0 Å². The van der Waals surface area contributed by atoms with Gasteiger partial charge in [0.15, 0.2) is 0 Å². The molecule has 0 N–H and O–H groups in total. The van der Waals surface area contributed by atoms with E-state index in [0.29, 0.717) is 42.8 Å². The van der Waals surface area contributed by atoms with Crippen LogP contribution in [-0.2, 0) is 15.8 Å². The van der Waals surface area contributed by atoms with Gasteiger partial charge in [-0.2, -0.15) is 4.31 Å². The Kier molecular flexibility index (Phi) is 4.96. The van der Waals surface area contributed by atoms with E-state index in [1.54, 1.807) is 28.6 Å². The first-order chi connectivity index (χ1) is 12.9. The minimum atomic E-state index is -3.37. The van der Waals surface area contributed by atoms with Crippen molar-refractivity contribution in [1.29, 1.82) is 0 Å². The molecule has 144 valence electrons. The number of aliphatic imine (C=N–C) groups is 2. The maximum atomic E-state index is 12.7. The molecule has 3 aliphatic rings. The molecule has 27 heavy (non-hydrogen) atoms. The molecule has 9 heteroatoms. The van der Waals surface area contributed by atoms with Crippen LogP contribution in [0.15, 0.2) is 46.1 Å². The molecule has 3 aliphatic heterocycles. The van der Waals surface area contributed by atoms with Gasteiger partial charge in [0.1, 0.15) is 11.7 Å². The largest absolute Gasteiger partial charge is 0.354 e. The van der Waals surface area contributed by atoms with Gasteiger partial charge in [0.25, 0.3) is 0 Å². The number of hydrogen-bond donors (Lipinski definition) is 0. The van der Waals surface area contributed by atoms with Gasteiger partial charge < -0.3 is 9.80 Å². The molecule has 7 nitrogen and oxygen atoms in total. The SMILES string of the molecule is CC1CN=C2C=C(N3CCN(S(=O)(=O)Cc4cccc(Cl)c4)CC3)N=CN21. The Bertz CT molecular complexity index is 919. The standard InChI is InChI=1S/C18H22ClN5O2S/c1-14-11-20-18-10-17(21-13-24(14)18)22-5-7-23(8-6-22)27(25,26)12-15-3-2-4-16(19)9-15/h2-4,9-10,13-14H,5-8,11-12H2,1H3. The van der Waals surface area contributed by atoms with Gasteiger partial charge in [-0.3, -0.25) is 4.99 Å². The van der Waals surface area contributed by atoms with Crippen molar-refractivity contribution in [2.45, 2.75) is 18.7 Å². The third-order valence-electron chi connectivity index (χ3n) is 5.02. The second kappa shape index (κ2) is 7.26. The number of rotatable bonds is 4. The summed E-state index contributed by atoms with van der Waals surface area (Å²) in [6.07, 6.45) is 3.81. The van der Waals surface area contributed by atoms with E-state index in [4.69, 9.17) is 11.6 Å². The molecule has 3 heterocycles. The van der Waals surface area contributed by atoms with Crippen molar-refractivity contribution < 1.29 is 8.42 Å². The molecular weight excluding hydrogens is 386 g/mol. The van der Waals surface area contributed by atoms with Crippen LogP contribution < -0.4 is 0 Å². The first kappa shape index (κ1) is 18.5. The van der Waals surface area contributed by atoms with E-state index in [-0.39, 0.29) is 5.75 Å². The molecule has 0 aliphatic carbocycles. The lowest BCUT2D eigenvalue weighted by Gasteiger charge is -2.36. The predicted molar refractivity (Wildman–Crippen MR) is 107 cm³/mol. The number of halogens is 1. The lowest BCUT2D eigenvalue weighted by molar-refractivity contribution is 0.226. The molecule has 0 amide bonds. The molecule has 1 saturated heterocycles. The molecule has 0 radical (unpaired) electrons. The predicted octanol–water partition coefficient (Wildman–Crippen LogP) is 1.77. The summed E-state index contributed by atoms with van der Waals surface area (Å²) < 4.78 is 27.0. The van der Waals surface area contributed by atoms with E-state index >= 15 is 0 Å². The lowest BCUT2D eigenvalue weighted by atomic mass is 10.2. The summed E-state index contributed by atoms with van der Waals surface area (Å²) in [5, 5.41) is 0.549. The van der Waals surface area contributed by atoms with Crippen LogP contribution in [0.25, 0.3) is 0 Å². The second-order valence-electron chi connectivity index (χ2n) is 6.97. The van der Waals surface area contributed by atoms with E-state index in [2.05, 4.69) is 26.7 Å². The van der Waals surface area contributed by atoms with E-state index in [1.165, 1.54) is 0 Å². The van der Waals surface area contributed by atoms with Gasteiger partial charge in [0.2, 0.25) is 10.0 Å². The highest BCUT2D eigenvalue weighted by Crippen LogP contribution is 2.21. The first-order valence-corrected chi connectivity index (χ1v) is 11.0. The maximum absolute atomic E-state index is 12.7. The summed E-state index contributed by atoms with van der Waals surface area (Å²) in [5.74, 6) is 1.76. The highest BCUT2D eigenvalue weighted by Gasteiger charge is 2.30. The number of hydrogen-bond acceptors (Lipinski definition) is 6. The minimum Gasteiger partial charge on any atom is -0.354 e. The quantitative estimate of drug-likeness (QED) is 0.762. The maximum Gasteiger partial charge on any atom is 0.218 e. The highest BCUT2D eigenvalue weighted by atomic mass is 35.5. The van der Waals surface area contributed by atoms with Crippen molar-refractivity contribution >= 4 is 33.8 Å². The average Bonchev–Trinajstić information content (AvgIpc) is 3.02. The smallest absolute Gasteiger partial charge is 0.218 e. The molecule has 1 aromatic carbocycles. The van der Waals surface area contributed by atoms with Gasteiger partial charge in [-0.05, 0) is 24.6 Å². The van der Waals surface area contributed by atoms with Crippen LogP contribution >= 0.6 is 11.6 Å². The Balaban J connectivity index is 1.39. The van der Waals surface area contributed by atoms with E-state index in [9.17, 15) is 8.42 Å². The van der Waals surface area contributed by atoms with Crippen molar-refractivity contribution in [3.05, 3.63) is 46.7 Å². The van der Waals surface area contributed by atoms with Crippen LogP contribution in [0.2, 0.25) is 5.02 Å². The van der Waals surface area contributed by atoms with Crippen LogP contribution in [0.1, 0.15) is 12.5 Å². The number of amidine groups is 1. The van der Waals surface area contributed by atoms with Crippen LogP contribution in [-0.4, -0.2) is 73.5 Å². The zero-order valence-corrected chi connectivity index (χ0v) is 16.7. The Labute approximate surface area is 164 Å². The van der Waals surface area contributed by atoms with Crippen molar-refractivity contribution in [2.75, 3.05) is 32.7 Å². The molecular formula is C18H22ClN5O2S. The highest BCUT2D eigenvalue weighted by molar-refractivity contribution is 7.88. The molecule has 0 saturated carbocycles. The topological polar surface area (TPSA) is 68.6 Å². The minimum absolute atomic E-state index is 0.0297. The Morgan fingerprint density at radius 3 is 2.74 bits per heavy atom. The molecule has 0 spiro atoms. The van der Waals surface area contributed by atoms with E-state index in [1.807, 2.05) is 12.4 Å². The summed E-state index contributed by atoms with van der Waals surface area (Å²) in [6, 6.07) is 7.34. The molecule has 1 atom stereocenters. The molecule has 1 fully saturated rings. The number of fused-ring (bicyclic) bond motifs is 1. The zero-order chi connectivity index (χ0) is 19.0. The van der Waals surface area contributed by atoms with E-state index in [0.717, 1.165) is 18.2 Å². The fourth-order valence-corrected chi connectivity index (χ4v) is 5.20. The van der Waals surface area contributed by atoms with Crippen LogP contribution in [0.3, 0.4) is 0 Å². The fraction of sp³-hybridized carbons (Fsp3) is 0.444. The molecule has 4 rings (SSSR count). The van der Waals surface area contributed by atoms with Crippen LogP contribution in [0.4, 0.5) is 0 Å². The summed E-state index contributed by atoms with van der Waals surface area (Å²) in [7, 11) is -3.37. The van der Waals surface area contributed by atoms with Crippen molar-refractivity contribution in [1.82, 2.24) is 14.1 Å². The number of benzene rings is 1. The second-order valence-corrected chi connectivity index (χ2v) is 9.38. The van der Waals surface area contributed by atoms with Crippen LogP contribution in [0, 0.1) is 0 Å². The first-order valence-electron chi connectivity index (χ1n) is 8.98. The van der Waals surface area contributed by atoms with Gasteiger partial charge >= 0.3 is 0 Å². The van der Waals surface area contributed by atoms with Crippen molar-refractivity contribution in [2.24, 2.45) is 9.98 Å². The Morgan fingerprint density at radius 2 is 2.00 bits per heavy atom. The molecule has 0 bridgehead atoms. The summed E-state index contributed by atoms with van der Waals surface area (Å²) >= 11 is 5.96. The lowest BCUT2D eigenvalue weighted by Crippen LogP contribution is -2.49. The molecule has 1 aromatic rings. The Hall–Kier alpha value is -1.90. The van der Waals surface area contributed by atoms with Crippen molar-refractivity contribution in [3.63, 3.8) is 0 Å². The number of nitrogens with zero attached hydrogens (tertiary/aromatic N) is 5. The van der Waals surface area contributed by atoms with Crippen molar-refractivity contribution in [3.8, 4) is 0 Å². The summed E-state index contributed by atoms with van der Waals surface area (Å²) in [6.45, 7) is 5.01. The monoisotopic (exact) mass is 407 g/mol. The third-order valence-corrected chi connectivity index (χ3v) is 7.11. The third kappa shape index (κ3) is 3.88. The average molecular weight is 408 g/mol. The normalized spacial score (nSPS) is 23.3. The van der Waals surface area contributed by atoms with Gasteiger partial charge in [0, 0.05) is 37.3 Å². The summed E-state index contributed by atoms with van der Waals surface area (Å²) in [5.41, 5.74) is 0.706. The van der Waals surface area contributed by atoms with Gasteiger partial charge in [-0.1, -0.05) is 23.7 Å². The number of piperazine rings is 1. The van der Waals surface area contributed by atoms with Crippen LogP contribution in [0.5, 0.6) is 0 Å². The Morgan fingerprint density at radius 1 is 1.22 bits per heavy atom. The fourth-order valence-electron chi connectivity index (χ4n) is 3.49.